The summed E-state index contributed by atoms with van der Waals surface area (Å²) in [5.74, 6) is -0.457. The van der Waals surface area contributed by atoms with Crippen molar-refractivity contribution in [2.45, 2.75) is 51.7 Å². The highest BCUT2D eigenvalue weighted by Crippen LogP contribution is 2.37. The fourth-order valence-corrected chi connectivity index (χ4v) is 2.71. The van der Waals surface area contributed by atoms with E-state index in [0.29, 0.717) is 6.42 Å². The largest absolute Gasteiger partial charge is 0.543 e. The molecule has 1 aromatic carbocycles. The van der Waals surface area contributed by atoms with Crippen LogP contribution < -0.4 is 4.43 Å². The van der Waals surface area contributed by atoms with Gasteiger partial charge < -0.3 is 9.16 Å². The Morgan fingerprint density at radius 1 is 1.18 bits per heavy atom. The Hall–Kier alpha value is -1.62. The molecule has 0 aromatic heterocycles. The molecule has 0 saturated heterocycles. The summed E-state index contributed by atoms with van der Waals surface area (Å²) in [5.41, 5.74) is 0.980. The van der Waals surface area contributed by atoms with Crippen LogP contribution in [-0.2, 0) is 20.7 Å². The van der Waals surface area contributed by atoms with Crippen LogP contribution in [0, 0.1) is 0 Å². The Balaban J connectivity index is 2.75. The maximum Gasteiger partial charge on any atom is 0.374 e. The minimum Gasteiger partial charge on any atom is -0.543 e. The van der Waals surface area contributed by atoms with Gasteiger partial charge in [0.05, 0.1) is 7.11 Å². The Labute approximate surface area is 134 Å². The quantitative estimate of drug-likeness (QED) is 0.455. The molecule has 0 aliphatic rings. The minimum atomic E-state index is -1.88. The average molecular weight is 322 g/mol. The SMILES string of the molecule is COC(=O)C(=O)CCc1cccc(O[Si](C)(C)C(C)(C)C)c1. The topological polar surface area (TPSA) is 52.6 Å². The minimum absolute atomic E-state index is 0.129. The van der Waals surface area contributed by atoms with Crippen LogP contribution in [0.1, 0.15) is 32.8 Å². The molecule has 5 heteroatoms. The second-order valence-electron chi connectivity index (χ2n) is 6.92. The molecule has 0 bridgehead atoms. The van der Waals surface area contributed by atoms with Crippen molar-refractivity contribution in [2.24, 2.45) is 0 Å². The predicted molar refractivity (Wildman–Crippen MR) is 89.6 cm³/mol. The van der Waals surface area contributed by atoms with Gasteiger partial charge >= 0.3 is 5.97 Å². The normalized spacial score (nSPS) is 11.9. The molecule has 0 fully saturated rings. The second-order valence-corrected chi connectivity index (χ2v) is 11.6. The van der Waals surface area contributed by atoms with Crippen LogP contribution in [0.2, 0.25) is 18.1 Å². The van der Waals surface area contributed by atoms with Crippen molar-refractivity contribution >= 4 is 20.1 Å². The van der Waals surface area contributed by atoms with E-state index in [-0.39, 0.29) is 11.5 Å². The monoisotopic (exact) mass is 322 g/mol. The molecule has 0 spiro atoms. The molecule has 0 amide bonds. The van der Waals surface area contributed by atoms with Crippen molar-refractivity contribution in [1.82, 2.24) is 0 Å². The van der Waals surface area contributed by atoms with Crippen molar-refractivity contribution in [3.63, 3.8) is 0 Å². The molecule has 1 rings (SSSR count). The number of esters is 1. The number of carbonyl (C=O) groups is 2. The molecule has 0 N–H and O–H groups in total. The van der Waals surface area contributed by atoms with Crippen LogP contribution in [0.5, 0.6) is 5.75 Å². The van der Waals surface area contributed by atoms with Gasteiger partial charge in [0.25, 0.3) is 0 Å². The summed E-state index contributed by atoms with van der Waals surface area (Å²) in [6, 6.07) is 7.74. The number of aryl methyl sites for hydroxylation is 1. The molecule has 0 aliphatic carbocycles. The number of ketones is 1. The van der Waals surface area contributed by atoms with E-state index in [0.717, 1.165) is 11.3 Å². The van der Waals surface area contributed by atoms with E-state index in [1.165, 1.54) is 7.11 Å². The standard InChI is InChI=1S/C17H26O4Si/c1-17(2,3)22(5,6)21-14-9-7-8-13(12-14)10-11-15(18)16(19)20-4/h7-9,12H,10-11H2,1-6H3. The molecule has 0 saturated carbocycles. The molecule has 0 unspecified atom stereocenters. The zero-order chi connectivity index (χ0) is 17.0. The zero-order valence-corrected chi connectivity index (χ0v) is 15.4. The number of hydrogen-bond acceptors (Lipinski definition) is 4. The molecular formula is C17H26O4Si. The van der Waals surface area contributed by atoms with Crippen LogP contribution >= 0.6 is 0 Å². The molecule has 122 valence electrons. The number of hydrogen-bond donors (Lipinski definition) is 0. The Morgan fingerprint density at radius 3 is 2.36 bits per heavy atom. The van der Waals surface area contributed by atoms with E-state index in [2.05, 4.69) is 38.6 Å². The molecule has 22 heavy (non-hydrogen) atoms. The smallest absolute Gasteiger partial charge is 0.374 e. The van der Waals surface area contributed by atoms with Gasteiger partial charge in [0.15, 0.2) is 0 Å². The zero-order valence-electron chi connectivity index (χ0n) is 14.4. The molecule has 0 aliphatic heterocycles. The first-order chi connectivity index (χ1) is 10.1. The predicted octanol–water partition coefficient (Wildman–Crippen LogP) is 3.75. The Bertz CT molecular complexity index is 544. The van der Waals surface area contributed by atoms with E-state index in [1.807, 2.05) is 24.3 Å². The van der Waals surface area contributed by atoms with Crippen LogP contribution in [0.3, 0.4) is 0 Å². The Morgan fingerprint density at radius 2 is 1.82 bits per heavy atom. The molecule has 0 radical (unpaired) electrons. The van der Waals surface area contributed by atoms with Gasteiger partial charge in [-0.15, -0.1) is 0 Å². The lowest BCUT2D eigenvalue weighted by Gasteiger charge is -2.36. The van der Waals surface area contributed by atoms with E-state index in [9.17, 15) is 9.59 Å². The molecule has 0 heterocycles. The van der Waals surface area contributed by atoms with E-state index in [1.54, 1.807) is 0 Å². The highest BCUT2D eigenvalue weighted by Gasteiger charge is 2.38. The third kappa shape index (κ3) is 4.98. The van der Waals surface area contributed by atoms with Crippen molar-refractivity contribution in [3.05, 3.63) is 29.8 Å². The summed E-state index contributed by atoms with van der Waals surface area (Å²) in [4.78, 5) is 22.6. The summed E-state index contributed by atoms with van der Waals surface area (Å²) in [5, 5.41) is 0.129. The second kappa shape index (κ2) is 7.09. The highest BCUT2D eigenvalue weighted by atomic mass is 28.4. The van der Waals surface area contributed by atoms with Gasteiger partial charge in [-0.25, -0.2) is 4.79 Å². The third-order valence-electron chi connectivity index (χ3n) is 4.13. The van der Waals surface area contributed by atoms with Crippen LogP contribution in [0.15, 0.2) is 24.3 Å². The maximum absolute atomic E-state index is 11.5. The lowest BCUT2D eigenvalue weighted by Crippen LogP contribution is -2.43. The van der Waals surface area contributed by atoms with E-state index < -0.39 is 20.1 Å². The maximum atomic E-state index is 11.5. The first-order valence-corrected chi connectivity index (χ1v) is 10.4. The van der Waals surface area contributed by atoms with Crippen molar-refractivity contribution in [2.75, 3.05) is 7.11 Å². The third-order valence-corrected chi connectivity index (χ3v) is 8.49. The van der Waals surface area contributed by atoms with E-state index >= 15 is 0 Å². The van der Waals surface area contributed by atoms with Gasteiger partial charge in [-0.2, -0.15) is 0 Å². The van der Waals surface area contributed by atoms with Crippen molar-refractivity contribution < 1.29 is 18.8 Å². The lowest BCUT2D eigenvalue weighted by molar-refractivity contribution is -0.151. The van der Waals surface area contributed by atoms with Crippen molar-refractivity contribution in [3.8, 4) is 5.75 Å². The summed E-state index contributed by atoms with van der Waals surface area (Å²) in [6.45, 7) is 11.0. The number of methoxy groups -OCH3 is 1. The van der Waals surface area contributed by atoms with Gasteiger partial charge in [0.1, 0.15) is 5.75 Å². The number of rotatable bonds is 6. The first kappa shape index (κ1) is 18.4. The van der Waals surface area contributed by atoms with Crippen molar-refractivity contribution in [1.29, 1.82) is 0 Å². The number of benzene rings is 1. The summed E-state index contributed by atoms with van der Waals surface area (Å²) < 4.78 is 10.7. The van der Waals surface area contributed by atoms with Gasteiger partial charge in [-0.05, 0) is 42.2 Å². The number of Topliss-reactive ketones (excluding diaryl/α,β-unsaturated/α-hetero) is 1. The average Bonchev–Trinajstić information content (AvgIpc) is 2.42. The van der Waals surface area contributed by atoms with Gasteiger partial charge in [-0.1, -0.05) is 32.9 Å². The summed E-state index contributed by atoms with van der Waals surface area (Å²) in [6.07, 6.45) is 0.652. The first-order valence-electron chi connectivity index (χ1n) is 7.46. The Kier molecular flexibility index (Phi) is 5.94. The van der Waals surface area contributed by atoms with E-state index in [4.69, 9.17) is 4.43 Å². The molecule has 1 aromatic rings. The molecule has 0 atom stereocenters. The fraction of sp³-hybridized carbons (Fsp3) is 0.529. The lowest BCUT2D eigenvalue weighted by atomic mass is 10.1. The fourth-order valence-electron chi connectivity index (χ4n) is 1.69. The van der Waals surface area contributed by atoms with Gasteiger partial charge in [0.2, 0.25) is 14.1 Å². The van der Waals surface area contributed by atoms with Crippen LogP contribution in [0.25, 0.3) is 0 Å². The van der Waals surface area contributed by atoms with Gasteiger partial charge in [0, 0.05) is 6.42 Å². The van der Waals surface area contributed by atoms with Crippen LogP contribution in [0.4, 0.5) is 0 Å². The summed E-state index contributed by atoms with van der Waals surface area (Å²) >= 11 is 0. The molecular weight excluding hydrogens is 296 g/mol. The van der Waals surface area contributed by atoms with Gasteiger partial charge in [-0.3, -0.25) is 4.79 Å². The summed E-state index contributed by atoms with van der Waals surface area (Å²) in [7, 11) is -0.662. The number of carbonyl (C=O) groups excluding carboxylic acids is 2. The molecule has 4 nitrogen and oxygen atoms in total. The number of ether oxygens (including phenoxy) is 1. The van der Waals surface area contributed by atoms with Crippen LogP contribution in [-0.4, -0.2) is 27.2 Å². The highest BCUT2D eigenvalue weighted by molar-refractivity contribution is 6.74.